The van der Waals surface area contributed by atoms with Crippen LogP contribution in [0.2, 0.25) is 0 Å². The molecule has 1 saturated heterocycles. The second kappa shape index (κ2) is 9.18. The summed E-state index contributed by atoms with van der Waals surface area (Å²) in [6.45, 7) is 3.06. The van der Waals surface area contributed by atoms with Crippen molar-refractivity contribution in [2.45, 2.75) is 49.7 Å². The van der Waals surface area contributed by atoms with Gasteiger partial charge in [-0.1, -0.05) is 30.3 Å². The van der Waals surface area contributed by atoms with Crippen LogP contribution in [-0.4, -0.2) is 67.6 Å². The zero-order chi connectivity index (χ0) is 23.6. The minimum atomic E-state index is -0.647. The van der Waals surface area contributed by atoms with Gasteiger partial charge in [-0.05, 0) is 69.1 Å². The number of hydrogen-bond donors (Lipinski definition) is 0. The quantitative estimate of drug-likeness (QED) is 0.647. The van der Waals surface area contributed by atoms with Crippen molar-refractivity contribution >= 4 is 11.9 Å². The molecule has 176 valence electrons. The molecule has 4 rings (SSSR count). The van der Waals surface area contributed by atoms with Gasteiger partial charge < -0.3 is 19.3 Å². The fourth-order valence-electron chi connectivity index (χ4n) is 5.97. The monoisotopic (exact) mass is 450 g/mol. The van der Waals surface area contributed by atoms with Crippen LogP contribution in [0.5, 0.6) is 5.75 Å². The van der Waals surface area contributed by atoms with Crippen molar-refractivity contribution in [2.75, 3.05) is 34.3 Å². The molecule has 2 fully saturated rings. The van der Waals surface area contributed by atoms with Gasteiger partial charge in [0.2, 0.25) is 0 Å². The fraction of sp³-hybridized carbons (Fsp3) is 0.481. The first-order valence-electron chi connectivity index (χ1n) is 11.7. The largest absolute Gasteiger partial charge is 0.497 e. The molecule has 1 amide bonds. The minimum Gasteiger partial charge on any atom is -0.497 e. The highest BCUT2D eigenvalue weighted by Crippen LogP contribution is 2.54. The number of methoxy groups -OCH3 is 1. The first-order valence-corrected chi connectivity index (χ1v) is 11.7. The highest BCUT2D eigenvalue weighted by atomic mass is 16.6. The number of piperidine rings is 1. The molecule has 6 nitrogen and oxygen atoms in total. The molecule has 2 aromatic rings. The summed E-state index contributed by atoms with van der Waals surface area (Å²) in [6, 6.07) is 17.6. The SMILES string of the molecule is COc1cccc([C@@]23CCN(C)C[C@@]2(OC(C)=O)CC[C@@H](N(C)C(=O)c2ccccc2)C3)c1. The fourth-order valence-corrected chi connectivity index (χ4v) is 5.97. The number of carbonyl (C=O) groups is 2. The third-order valence-corrected chi connectivity index (χ3v) is 7.63. The average Bonchev–Trinajstić information content (AvgIpc) is 2.82. The van der Waals surface area contributed by atoms with Gasteiger partial charge in [-0.2, -0.15) is 0 Å². The Morgan fingerprint density at radius 2 is 1.85 bits per heavy atom. The van der Waals surface area contributed by atoms with E-state index in [2.05, 4.69) is 24.1 Å². The number of esters is 1. The molecule has 3 atom stereocenters. The van der Waals surface area contributed by atoms with E-state index in [1.807, 2.05) is 54.4 Å². The molecule has 1 aliphatic heterocycles. The summed E-state index contributed by atoms with van der Waals surface area (Å²) in [5.74, 6) is 0.549. The van der Waals surface area contributed by atoms with Gasteiger partial charge in [-0.15, -0.1) is 0 Å². The van der Waals surface area contributed by atoms with Gasteiger partial charge >= 0.3 is 5.97 Å². The lowest BCUT2D eigenvalue weighted by atomic mass is 9.55. The van der Waals surface area contributed by atoms with Crippen LogP contribution in [0.1, 0.15) is 48.5 Å². The average molecular weight is 451 g/mol. The Kier molecular flexibility index (Phi) is 6.48. The van der Waals surface area contributed by atoms with E-state index in [0.29, 0.717) is 18.5 Å². The van der Waals surface area contributed by atoms with Crippen LogP contribution < -0.4 is 4.74 Å². The van der Waals surface area contributed by atoms with Crippen LogP contribution in [0.4, 0.5) is 0 Å². The van der Waals surface area contributed by atoms with Crippen LogP contribution in [-0.2, 0) is 14.9 Å². The lowest BCUT2D eigenvalue weighted by molar-refractivity contribution is -0.187. The number of hydrogen-bond acceptors (Lipinski definition) is 5. The van der Waals surface area contributed by atoms with E-state index in [1.165, 1.54) is 6.92 Å². The number of likely N-dealkylation sites (tertiary alicyclic amines) is 1. The van der Waals surface area contributed by atoms with Gasteiger partial charge in [0, 0.05) is 37.5 Å². The summed E-state index contributed by atoms with van der Waals surface area (Å²) >= 11 is 0. The van der Waals surface area contributed by atoms with Crippen molar-refractivity contribution in [1.29, 1.82) is 0 Å². The number of benzene rings is 2. The number of amides is 1. The maximum atomic E-state index is 13.3. The molecule has 1 saturated carbocycles. The van der Waals surface area contributed by atoms with E-state index in [9.17, 15) is 9.59 Å². The van der Waals surface area contributed by atoms with E-state index in [1.54, 1.807) is 7.11 Å². The molecule has 33 heavy (non-hydrogen) atoms. The Hall–Kier alpha value is -2.86. The van der Waals surface area contributed by atoms with Gasteiger partial charge in [0.1, 0.15) is 11.4 Å². The molecule has 1 aliphatic carbocycles. The predicted molar refractivity (Wildman–Crippen MR) is 127 cm³/mol. The van der Waals surface area contributed by atoms with Crippen LogP contribution in [0.15, 0.2) is 54.6 Å². The van der Waals surface area contributed by atoms with Gasteiger partial charge in [0.25, 0.3) is 5.91 Å². The number of ether oxygens (including phenoxy) is 2. The highest BCUT2D eigenvalue weighted by molar-refractivity contribution is 5.94. The van der Waals surface area contributed by atoms with Crippen molar-refractivity contribution in [1.82, 2.24) is 9.80 Å². The van der Waals surface area contributed by atoms with Gasteiger partial charge in [0.05, 0.1) is 7.11 Å². The second-order valence-electron chi connectivity index (χ2n) is 9.57. The van der Waals surface area contributed by atoms with Crippen LogP contribution in [0.3, 0.4) is 0 Å². The Labute approximate surface area is 196 Å². The predicted octanol–water partition coefficient (Wildman–Crippen LogP) is 3.90. The summed E-state index contributed by atoms with van der Waals surface area (Å²) in [4.78, 5) is 29.7. The second-order valence-corrected chi connectivity index (χ2v) is 9.57. The molecule has 0 spiro atoms. The lowest BCUT2D eigenvalue weighted by Gasteiger charge is -2.59. The molecule has 0 unspecified atom stereocenters. The van der Waals surface area contributed by atoms with E-state index in [0.717, 1.165) is 37.1 Å². The number of carbonyl (C=O) groups excluding carboxylic acids is 2. The summed E-state index contributed by atoms with van der Waals surface area (Å²) in [5, 5.41) is 0. The molecular weight excluding hydrogens is 416 g/mol. The van der Waals surface area contributed by atoms with Crippen LogP contribution >= 0.6 is 0 Å². The Balaban J connectivity index is 1.76. The zero-order valence-electron chi connectivity index (χ0n) is 20.0. The Morgan fingerprint density at radius 1 is 1.09 bits per heavy atom. The van der Waals surface area contributed by atoms with Crippen molar-refractivity contribution in [3.05, 3.63) is 65.7 Å². The molecule has 0 radical (unpaired) electrons. The van der Waals surface area contributed by atoms with Crippen LogP contribution in [0, 0.1) is 0 Å². The van der Waals surface area contributed by atoms with Gasteiger partial charge in [0.15, 0.2) is 0 Å². The smallest absolute Gasteiger partial charge is 0.303 e. The molecule has 6 heteroatoms. The van der Waals surface area contributed by atoms with E-state index >= 15 is 0 Å². The number of nitrogens with zero attached hydrogens (tertiary/aromatic N) is 2. The van der Waals surface area contributed by atoms with Crippen molar-refractivity contribution in [3.8, 4) is 5.75 Å². The first kappa shape index (κ1) is 23.3. The third-order valence-electron chi connectivity index (χ3n) is 7.63. The summed E-state index contributed by atoms with van der Waals surface area (Å²) in [6.07, 6.45) is 3.05. The van der Waals surface area contributed by atoms with E-state index in [-0.39, 0.29) is 17.9 Å². The topological polar surface area (TPSA) is 59.1 Å². The molecule has 0 aromatic heterocycles. The van der Waals surface area contributed by atoms with Gasteiger partial charge in [-0.3, -0.25) is 9.59 Å². The van der Waals surface area contributed by atoms with E-state index in [4.69, 9.17) is 9.47 Å². The number of rotatable bonds is 5. The molecule has 2 aromatic carbocycles. The normalized spacial score (nSPS) is 27.3. The van der Waals surface area contributed by atoms with Crippen LogP contribution in [0.25, 0.3) is 0 Å². The third kappa shape index (κ3) is 4.24. The number of likely N-dealkylation sites (N-methyl/N-ethyl adjacent to an activating group) is 1. The highest BCUT2D eigenvalue weighted by Gasteiger charge is 2.61. The summed E-state index contributed by atoms with van der Waals surface area (Å²) < 4.78 is 11.8. The summed E-state index contributed by atoms with van der Waals surface area (Å²) in [5.41, 5.74) is 0.747. The maximum absolute atomic E-state index is 13.3. The maximum Gasteiger partial charge on any atom is 0.303 e. The Bertz CT molecular complexity index is 1010. The van der Waals surface area contributed by atoms with Crippen molar-refractivity contribution < 1.29 is 19.1 Å². The molecular formula is C27H34N2O4. The van der Waals surface area contributed by atoms with Gasteiger partial charge in [-0.25, -0.2) is 0 Å². The number of fused-ring (bicyclic) bond motifs is 1. The molecule has 1 heterocycles. The van der Waals surface area contributed by atoms with Crippen molar-refractivity contribution in [2.24, 2.45) is 0 Å². The van der Waals surface area contributed by atoms with Crippen molar-refractivity contribution in [3.63, 3.8) is 0 Å². The summed E-state index contributed by atoms with van der Waals surface area (Å²) in [7, 11) is 5.64. The van der Waals surface area contributed by atoms with E-state index < -0.39 is 11.0 Å². The first-order chi connectivity index (χ1) is 15.8. The zero-order valence-corrected chi connectivity index (χ0v) is 20.0. The molecule has 0 bridgehead atoms. The lowest BCUT2D eigenvalue weighted by Crippen LogP contribution is -2.68. The Morgan fingerprint density at radius 3 is 2.55 bits per heavy atom. The molecule has 0 N–H and O–H groups in total. The standard InChI is InChI=1S/C27H34N2O4/c1-20(30)33-27-14-13-23(29(3)25(31)21-9-6-5-7-10-21)18-26(27,15-16-28(2)19-27)22-11-8-12-24(17-22)32-4/h5-12,17,23H,13-16,18-19H2,1-4H3/t23-,26+,27+/m1/s1. The minimum absolute atomic E-state index is 0.0225. The molecule has 2 aliphatic rings.